The molecular formula is C15H27NO3. The highest BCUT2D eigenvalue weighted by atomic mass is 16.4. The van der Waals surface area contributed by atoms with Gasteiger partial charge in [-0.3, -0.25) is 4.79 Å². The highest BCUT2D eigenvalue weighted by Gasteiger charge is 2.54. The molecule has 0 aromatic heterocycles. The Labute approximate surface area is 115 Å². The lowest BCUT2D eigenvalue weighted by Gasteiger charge is -2.52. The molecule has 19 heavy (non-hydrogen) atoms. The van der Waals surface area contributed by atoms with E-state index >= 15 is 0 Å². The Morgan fingerprint density at radius 2 is 1.79 bits per heavy atom. The summed E-state index contributed by atoms with van der Waals surface area (Å²) in [5.41, 5.74) is -1.01. The molecule has 0 amide bonds. The molecule has 0 aromatic carbocycles. The normalized spacial score (nSPS) is 38.3. The van der Waals surface area contributed by atoms with Gasteiger partial charge in [-0.05, 0) is 26.3 Å². The van der Waals surface area contributed by atoms with Crippen molar-refractivity contribution in [1.29, 1.82) is 0 Å². The lowest BCUT2D eigenvalue weighted by atomic mass is 9.62. The molecule has 3 atom stereocenters. The van der Waals surface area contributed by atoms with E-state index in [1.54, 1.807) is 0 Å². The van der Waals surface area contributed by atoms with Crippen LogP contribution in [0, 0.1) is 17.8 Å². The Kier molecular flexibility index (Phi) is 4.51. The van der Waals surface area contributed by atoms with Crippen molar-refractivity contribution in [2.45, 2.75) is 51.0 Å². The van der Waals surface area contributed by atoms with E-state index in [0.717, 1.165) is 38.8 Å². The molecular weight excluding hydrogens is 242 g/mol. The van der Waals surface area contributed by atoms with E-state index in [9.17, 15) is 15.0 Å². The van der Waals surface area contributed by atoms with Crippen molar-refractivity contribution in [2.75, 3.05) is 20.1 Å². The zero-order valence-corrected chi connectivity index (χ0v) is 12.1. The largest absolute Gasteiger partial charge is 0.481 e. The average Bonchev–Trinajstić information content (AvgIpc) is 2.34. The summed E-state index contributed by atoms with van der Waals surface area (Å²) in [4.78, 5) is 13.8. The molecule has 2 fully saturated rings. The van der Waals surface area contributed by atoms with Crippen LogP contribution >= 0.6 is 0 Å². The topological polar surface area (TPSA) is 60.8 Å². The van der Waals surface area contributed by atoms with Gasteiger partial charge in [0.05, 0.1) is 11.5 Å². The van der Waals surface area contributed by atoms with Gasteiger partial charge in [0.25, 0.3) is 0 Å². The van der Waals surface area contributed by atoms with Crippen LogP contribution in [0.5, 0.6) is 0 Å². The molecule has 1 saturated carbocycles. The minimum atomic E-state index is -1.01. The number of aliphatic hydroxyl groups is 1. The van der Waals surface area contributed by atoms with Crippen LogP contribution in [-0.2, 0) is 4.79 Å². The Morgan fingerprint density at radius 1 is 1.26 bits per heavy atom. The third-order valence-corrected chi connectivity index (χ3v) is 5.24. The van der Waals surface area contributed by atoms with Crippen LogP contribution in [0.1, 0.15) is 45.4 Å². The van der Waals surface area contributed by atoms with Gasteiger partial charge in [-0.1, -0.05) is 26.2 Å². The van der Waals surface area contributed by atoms with Crippen LogP contribution in [-0.4, -0.2) is 46.8 Å². The van der Waals surface area contributed by atoms with Crippen LogP contribution in [0.3, 0.4) is 0 Å². The second-order valence-electron chi connectivity index (χ2n) is 6.44. The quantitative estimate of drug-likeness (QED) is 0.822. The minimum Gasteiger partial charge on any atom is -0.481 e. The molecule has 0 spiro atoms. The van der Waals surface area contributed by atoms with Crippen molar-refractivity contribution in [1.82, 2.24) is 4.90 Å². The number of likely N-dealkylation sites (tertiary alicyclic amines) is 1. The molecule has 4 heteroatoms. The van der Waals surface area contributed by atoms with Crippen LogP contribution in [0.15, 0.2) is 0 Å². The Balaban J connectivity index is 2.34. The number of fused-ring (bicyclic) bond motifs is 2. The number of carboxylic acid groups (broad SMARTS) is 1. The fraction of sp³-hybridized carbons (Fsp3) is 0.933. The number of aliphatic carboxylic acids is 1. The second kappa shape index (κ2) is 5.80. The first-order valence-corrected chi connectivity index (χ1v) is 7.63. The Morgan fingerprint density at radius 3 is 2.21 bits per heavy atom. The van der Waals surface area contributed by atoms with Gasteiger partial charge in [-0.25, -0.2) is 0 Å². The monoisotopic (exact) mass is 269 g/mol. The number of rotatable bonds is 3. The van der Waals surface area contributed by atoms with Gasteiger partial charge in [0.1, 0.15) is 0 Å². The first-order valence-electron chi connectivity index (χ1n) is 7.63. The van der Waals surface area contributed by atoms with Gasteiger partial charge in [-0.15, -0.1) is 0 Å². The molecule has 2 bridgehead atoms. The summed E-state index contributed by atoms with van der Waals surface area (Å²) in [6.07, 6.45) is 5.88. The first kappa shape index (κ1) is 14.8. The molecule has 2 rings (SSSR count). The van der Waals surface area contributed by atoms with Crippen LogP contribution in [0.25, 0.3) is 0 Å². The van der Waals surface area contributed by atoms with Crippen LogP contribution in [0.2, 0.25) is 0 Å². The molecule has 0 radical (unpaired) electrons. The molecule has 4 nitrogen and oxygen atoms in total. The van der Waals surface area contributed by atoms with E-state index in [1.165, 1.54) is 6.42 Å². The van der Waals surface area contributed by atoms with Gasteiger partial charge in [0, 0.05) is 24.9 Å². The summed E-state index contributed by atoms with van der Waals surface area (Å²) in [6, 6.07) is 0. The first-order chi connectivity index (χ1) is 9.00. The molecule has 0 aromatic rings. The third-order valence-electron chi connectivity index (χ3n) is 5.24. The third kappa shape index (κ3) is 2.65. The maximum atomic E-state index is 11.6. The molecule has 1 saturated heterocycles. The summed E-state index contributed by atoms with van der Waals surface area (Å²) < 4.78 is 0. The van der Waals surface area contributed by atoms with Gasteiger partial charge >= 0.3 is 5.97 Å². The van der Waals surface area contributed by atoms with Crippen LogP contribution in [0.4, 0.5) is 0 Å². The highest BCUT2D eigenvalue weighted by molar-refractivity contribution is 5.71. The van der Waals surface area contributed by atoms with E-state index in [-0.39, 0.29) is 11.8 Å². The number of hydrogen-bond donors (Lipinski definition) is 2. The number of carbonyl (C=O) groups is 1. The predicted octanol–water partition coefficient (Wildman–Crippen LogP) is 1.97. The average molecular weight is 269 g/mol. The Hall–Kier alpha value is -0.610. The lowest BCUT2D eigenvalue weighted by molar-refractivity contribution is -0.183. The van der Waals surface area contributed by atoms with Gasteiger partial charge in [0.2, 0.25) is 0 Å². The predicted molar refractivity (Wildman–Crippen MR) is 73.9 cm³/mol. The van der Waals surface area contributed by atoms with E-state index in [4.69, 9.17) is 0 Å². The van der Waals surface area contributed by atoms with Crippen molar-refractivity contribution in [2.24, 2.45) is 17.8 Å². The highest BCUT2D eigenvalue weighted by Crippen LogP contribution is 2.45. The summed E-state index contributed by atoms with van der Waals surface area (Å²) >= 11 is 0. The fourth-order valence-electron chi connectivity index (χ4n) is 4.32. The molecule has 1 aliphatic heterocycles. The summed E-state index contributed by atoms with van der Waals surface area (Å²) in [6.45, 7) is 3.54. The zero-order chi connectivity index (χ0) is 14.0. The van der Waals surface area contributed by atoms with Gasteiger partial charge in [-0.2, -0.15) is 0 Å². The molecule has 3 unspecified atom stereocenters. The van der Waals surface area contributed by atoms with Crippen molar-refractivity contribution in [3.8, 4) is 0 Å². The fourth-order valence-corrected chi connectivity index (χ4v) is 4.32. The number of carboxylic acids is 1. The van der Waals surface area contributed by atoms with E-state index in [2.05, 4.69) is 11.9 Å². The maximum Gasteiger partial charge on any atom is 0.309 e. The molecule has 2 N–H and O–H groups in total. The smallest absolute Gasteiger partial charge is 0.309 e. The number of piperidine rings is 1. The SMILES string of the molecule is CCC(C(=O)O)C1(O)C2CCCCCC1CN(C)C2. The summed E-state index contributed by atoms with van der Waals surface area (Å²) in [7, 11) is 2.09. The Bertz CT molecular complexity index is 315. The minimum absolute atomic E-state index is 0.109. The van der Waals surface area contributed by atoms with Gasteiger partial charge < -0.3 is 15.1 Å². The van der Waals surface area contributed by atoms with Crippen molar-refractivity contribution in [3.05, 3.63) is 0 Å². The lowest BCUT2D eigenvalue weighted by Crippen LogP contribution is -2.62. The zero-order valence-electron chi connectivity index (χ0n) is 12.1. The van der Waals surface area contributed by atoms with Gasteiger partial charge in [0.15, 0.2) is 0 Å². The summed E-state index contributed by atoms with van der Waals surface area (Å²) in [5.74, 6) is -1.23. The van der Waals surface area contributed by atoms with E-state index in [0.29, 0.717) is 6.42 Å². The van der Waals surface area contributed by atoms with Crippen molar-refractivity contribution < 1.29 is 15.0 Å². The molecule has 1 heterocycles. The number of nitrogens with zero attached hydrogens (tertiary/aromatic N) is 1. The maximum absolute atomic E-state index is 11.6. The van der Waals surface area contributed by atoms with Crippen molar-refractivity contribution >= 4 is 5.97 Å². The van der Waals surface area contributed by atoms with Crippen molar-refractivity contribution in [3.63, 3.8) is 0 Å². The van der Waals surface area contributed by atoms with E-state index < -0.39 is 17.5 Å². The number of hydrogen-bond acceptors (Lipinski definition) is 3. The molecule has 110 valence electrons. The standard InChI is InChI=1S/C15H27NO3/c1-3-13(14(17)18)15(19)11-7-5-4-6-8-12(15)10-16(2)9-11/h11-13,19H,3-10H2,1-2H3,(H,17,18). The molecule has 1 aliphatic carbocycles. The van der Waals surface area contributed by atoms with E-state index in [1.807, 2.05) is 6.92 Å². The second-order valence-corrected chi connectivity index (χ2v) is 6.44. The van der Waals surface area contributed by atoms with Crippen LogP contribution < -0.4 is 0 Å². The summed E-state index contributed by atoms with van der Waals surface area (Å²) in [5, 5.41) is 20.8. The molecule has 2 aliphatic rings.